The first-order chi connectivity index (χ1) is 19.5. The molecule has 0 fully saturated rings. The van der Waals surface area contributed by atoms with E-state index in [9.17, 15) is 22.4 Å². The molecule has 1 N–H and O–H groups in total. The second kappa shape index (κ2) is 12.6. The number of sulfonamides is 1. The van der Waals surface area contributed by atoms with Crippen LogP contribution in [0.25, 0.3) is 0 Å². The zero-order chi connectivity index (χ0) is 29.7. The first-order valence-corrected chi connectivity index (χ1v) is 14.7. The van der Waals surface area contributed by atoms with Gasteiger partial charge in [0.15, 0.2) is 11.5 Å². The summed E-state index contributed by atoms with van der Waals surface area (Å²) in [7, 11) is -4.35. The van der Waals surface area contributed by atoms with Crippen LogP contribution in [-0.2, 0) is 26.2 Å². The summed E-state index contributed by atoms with van der Waals surface area (Å²) in [6.45, 7) is 7.19. The van der Waals surface area contributed by atoms with Gasteiger partial charge >= 0.3 is 0 Å². The first kappa shape index (κ1) is 29.9. The fraction of sp³-hybridized carbons (Fsp3) is 0.333. The van der Waals surface area contributed by atoms with Crippen LogP contribution in [0.3, 0.4) is 0 Å². The molecular weight excluding hydrogens is 549 g/mol. The molecule has 1 atom stereocenters. The minimum Gasteiger partial charge on any atom is -0.486 e. The average molecular weight is 584 g/mol. The topological polar surface area (TPSA) is 105 Å². The highest BCUT2D eigenvalue weighted by molar-refractivity contribution is 7.92. The number of rotatable bonds is 10. The Balaban J connectivity index is 1.73. The lowest BCUT2D eigenvalue weighted by atomic mass is 10.1. The minimum atomic E-state index is -4.35. The van der Waals surface area contributed by atoms with Crippen molar-refractivity contribution in [3.63, 3.8) is 0 Å². The van der Waals surface area contributed by atoms with Gasteiger partial charge in [0.2, 0.25) is 11.8 Å². The van der Waals surface area contributed by atoms with Crippen molar-refractivity contribution in [2.45, 2.75) is 51.2 Å². The molecule has 0 aromatic heterocycles. The lowest BCUT2D eigenvalue weighted by Crippen LogP contribution is -2.52. The molecule has 2 amide bonds. The van der Waals surface area contributed by atoms with E-state index >= 15 is 0 Å². The van der Waals surface area contributed by atoms with Crippen molar-refractivity contribution in [1.82, 2.24) is 10.2 Å². The highest BCUT2D eigenvalue weighted by Crippen LogP contribution is 2.34. The largest absolute Gasteiger partial charge is 0.486 e. The standard InChI is InChI=1S/C30H34FN3O6S/c1-20(2)32-30(36)22(4)33(18-23-8-6-5-7-21(23)3)29(35)19-34(25-11-9-24(31)10-12-25)41(37,38)26-13-14-27-28(17-26)40-16-15-39-27/h5-14,17,20,22H,15-16,18-19H2,1-4H3,(H,32,36)/t22-/m0/s1. The molecule has 3 aromatic carbocycles. The van der Waals surface area contributed by atoms with E-state index in [0.717, 1.165) is 27.6 Å². The van der Waals surface area contributed by atoms with E-state index in [2.05, 4.69) is 5.32 Å². The summed E-state index contributed by atoms with van der Waals surface area (Å²) in [4.78, 5) is 28.2. The number of halogens is 1. The highest BCUT2D eigenvalue weighted by atomic mass is 32.2. The normalized spacial score (nSPS) is 13.4. The van der Waals surface area contributed by atoms with Crippen LogP contribution in [0, 0.1) is 12.7 Å². The molecule has 1 heterocycles. The third-order valence-corrected chi connectivity index (χ3v) is 8.47. The molecule has 0 unspecified atom stereocenters. The van der Waals surface area contributed by atoms with Crippen molar-refractivity contribution >= 4 is 27.5 Å². The predicted octanol–water partition coefficient (Wildman–Crippen LogP) is 4.04. The molecule has 1 aliphatic heterocycles. The molecule has 0 aliphatic carbocycles. The lowest BCUT2D eigenvalue weighted by Gasteiger charge is -2.32. The number of nitrogens with zero attached hydrogens (tertiary/aromatic N) is 2. The van der Waals surface area contributed by atoms with E-state index in [1.807, 2.05) is 45.0 Å². The van der Waals surface area contributed by atoms with Crippen molar-refractivity contribution in [3.8, 4) is 11.5 Å². The number of aryl methyl sites for hydroxylation is 1. The maximum absolute atomic E-state index is 14.0. The molecule has 0 saturated heterocycles. The lowest BCUT2D eigenvalue weighted by molar-refractivity contribution is -0.139. The fourth-order valence-corrected chi connectivity index (χ4v) is 5.84. The molecule has 0 radical (unpaired) electrons. The molecule has 0 saturated carbocycles. The zero-order valence-electron chi connectivity index (χ0n) is 23.5. The average Bonchev–Trinajstić information content (AvgIpc) is 2.95. The van der Waals surface area contributed by atoms with Crippen LogP contribution in [0.5, 0.6) is 11.5 Å². The van der Waals surface area contributed by atoms with Gasteiger partial charge in [-0.1, -0.05) is 24.3 Å². The Morgan fingerprint density at radius 1 is 0.951 bits per heavy atom. The van der Waals surface area contributed by atoms with E-state index < -0.39 is 34.3 Å². The monoisotopic (exact) mass is 583 g/mol. The minimum absolute atomic E-state index is 0.0829. The van der Waals surface area contributed by atoms with Crippen LogP contribution in [0.1, 0.15) is 31.9 Å². The van der Waals surface area contributed by atoms with Gasteiger partial charge in [-0.15, -0.1) is 0 Å². The number of carbonyl (C=O) groups is 2. The van der Waals surface area contributed by atoms with Gasteiger partial charge in [-0.3, -0.25) is 13.9 Å². The van der Waals surface area contributed by atoms with E-state index in [0.29, 0.717) is 12.4 Å². The van der Waals surface area contributed by atoms with Gasteiger partial charge in [0.25, 0.3) is 10.0 Å². The smallest absolute Gasteiger partial charge is 0.264 e. The molecule has 9 nitrogen and oxygen atoms in total. The first-order valence-electron chi connectivity index (χ1n) is 13.3. The van der Waals surface area contributed by atoms with Gasteiger partial charge in [-0.25, -0.2) is 12.8 Å². The van der Waals surface area contributed by atoms with Gasteiger partial charge in [-0.05, 0) is 75.2 Å². The summed E-state index contributed by atoms with van der Waals surface area (Å²) in [5.41, 5.74) is 1.82. The highest BCUT2D eigenvalue weighted by Gasteiger charge is 2.33. The molecule has 3 aromatic rings. The number of amides is 2. The summed E-state index contributed by atoms with van der Waals surface area (Å²) >= 11 is 0. The maximum Gasteiger partial charge on any atom is 0.264 e. The predicted molar refractivity (Wildman–Crippen MR) is 153 cm³/mol. The summed E-state index contributed by atoms with van der Waals surface area (Å²) < 4.78 is 53.8. The molecule has 41 heavy (non-hydrogen) atoms. The molecule has 4 rings (SSSR count). The third-order valence-electron chi connectivity index (χ3n) is 6.70. The SMILES string of the molecule is Cc1ccccc1CN(C(=O)CN(c1ccc(F)cc1)S(=O)(=O)c1ccc2c(c1)OCCO2)[C@@H](C)C(=O)NC(C)C. The van der Waals surface area contributed by atoms with Crippen molar-refractivity contribution in [2.75, 3.05) is 24.1 Å². The summed E-state index contributed by atoms with van der Waals surface area (Å²) in [6.07, 6.45) is 0. The van der Waals surface area contributed by atoms with Gasteiger partial charge in [-0.2, -0.15) is 0 Å². The van der Waals surface area contributed by atoms with Crippen LogP contribution in [0.15, 0.2) is 71.6 Å². The molecular formula is C30H34FN3O6S. The van der Waals surface area contributed by atoms with Crippen LogP contribution in [0.2, 0.25) is 0 Å². The van der Waals surface area contributed by atoms with Gasteiger partial charge in [0.05, 0.1) is 10.6 Å². The van der Waals surface area contributed by atoms with E-state index in [1.165, 1.54) is 35.2 Å². The van der Waals surface area contributed by atoms with E-state index in [4.69, 9.17) is 9.47 Å². The Labute approximate surface area is 239 Å². The van der Waals surface area contributed by atoms with Gasteiger partial charge < -0.3 is 19.7 Å². The molecule has 11 heteroatoms. The van der Waals surface area contributed by atoms with Crippen LogP contribution in [0.4, 0.5) is 10.1 Å². The molecule has 1 aliphatic rings. The number of nitrogens with one attached hydrogen (secondary N) is 1. The van der Waals surface area contributed by atoms with E-state index in [1.54, 1.807) is 6.92 Å². The maximum atomic E-state index is 14.0. The molecule has 0 bridgehead atoms. The Kier molecular flexibility index (Phi) is 9.17. The number of hydrogen-bond donors (Lipinski definition) is 1. The van der Waals surface area contributed by atoms with Crippen molar-refractivity contribution in [1.29, 1.82) is 0 Å². The Hall–Kier alpha value is -4.12. The number of fused-ring (bicyclic) bond motifs is 1. The number of hydrogen-bond acceptors (Lipinski definition) is 6. The Bertz CT molecular complexity index is 1510. The van der Waals surface area contributed by atoms with Crippen molar-refractivity contribution in [2.24, 2.45) is 0 Å². The number of benzene rings is 3. The second-order valence-corrected chi connectivity index (χ2v) is 11.9. The Morgan fingerprint density at radius 2 is 1.61 bits per heavy atom. The fourth-order valence-electron chi connectivity index (χ4n) is 4.41. The quantitative estimate of drug-likeness (QED) is 0.386. The number of ether oxygens (including phenoxy) is 2. The van der Waals surface area contributed by atoms with E-state index in [-0.39, 0.29) is 41.4 Å². The number of carbonyl (C=O) groups excluding carboxylic acids is 2. The van der Waals surface area contributed by atoms with Crippen LogP contribution in [-0.4, -0.2) is 57.0 Å². The second-order valence-electron chi connectivity index (χ2n) is 10.1. The third kappa shape index (κ3) is 6.97. The molecule has 218 valence electrons. The summed E-state index contributed by atoms with van der Waals surface area (Å²) in [5, 5.41) is 2.82. The molecule has 0 spiro atoms. The number of anilines is 1. The zero-order valence-corrected chi connectivity index (χ0v) is 24.3. The summed E-state index contributed by atoms with van der Waals surface area (Å²) in [6, 6.07) is 15.4. The van der Waals surface area contributed by atoms with Crippen molar-refractivity contribution < 1.29 is 31.9 Å². The van der Waals surface area contributed by atoms with Gasteiger partial charge in [0, 0.05) is 18.7 Å². The van der Waals surface area contributed by atoms with Crippen LogP contribution >= 0.6 is 0 Å². The van der Waals surface area contributed by atoms with Gasteiger partial charge in [0.1, 0.15) is 31.6 Å². The summed E-state index contributed by atoms with van der Waals surface area (Å²) in [5.74, 6) is -0.858. The van der Waals surface area contributed by atoms with Crippen molar-refractivity contribution in [3.05, 3.63) is 83.7 Å². The van der Waals surface area contributed by atoms with Crippen LogP contribution < -0.4 is 19.1 Å². The Morgan fingerprint density at radius 3 is 2.27 bits per heavy atom.